The molecule has 0 aromatic heterocycles. The molecule has 0 aromatic carbocycles. The molecular formula is C16H29F3N2O4. The molecule has 0 aliphatic carbocycles. The number of alkyl halides is 3. The van der Waals surface area contributed by atoms with E-state index in [1.807, 2.05) is 12.2 Å². The summed E-state index contributed by atoms with van der Waals surface area (Å²) in [6, 6.07) is 0. The Morgan fingerprint density at radius 1 is 1.04 bits per heavy atom. The summed E-state index contributed by atoms with van der Waals surface area (Å²) in [6.07, 6.45) is -4.75. The fourth-order valence-electron chi connectivity index (χ4n) is 1.93. The van der Waals surface area contributed by atoms with E-state index in [1.165, 1.54) is 0 Å². The lowest BCUT2D eigenvalue weighted by Gasteiger charge is -2.30. The Balaban J connectivity index is 4.87. The first-order chi connectivity index (χ1) is 11.3. The van der Waals surface area contributed by atoms with Crippen molar-refractivity contribution in [2.45, 2.75) is 83.7 Å². The first-order valence-corrected chi connectivity index (χ1v) is 8.37. The lowest BCUT2D eigenvalue weighted by atomic mass is 10.1. The normalized spacial score (nSPS) is 14.6. The minimum absolute atomic E-state index is 0.198. The number of alkyl carbamates (subject to hydrolysis) is 1. The molecule has 1 unspecified atom stereocenters. The van der Waals surface area contributed by atoms with Gasteiger partial charge in [0.25, 0.3) is 5.91 Å². The van der Waals surface area contributed by atoms with E-state index in [2.05, 4.69) is 5.32 Å². The van der Waals surface area contributed by atoms with E-state index in [4.69, 9.17) is 4.74 Å². The van der Waals surface area contributed by atoms with Crippen LogP contribution in [0, 0.1) is 0 Å². The summed E-state index contributed by atoms with van der Waals surface area (Å²) >= 11 is 0. The Hall–Kier alpha value is -1.51. The van der Waals surface area contributed by atoms with Gasteiger partial charge < -0.3 is 15.2 Å². The number of ether oxygens (including phenoxy) is 1. The second kappa shape index (κ2) is 9.84. The number of carbonyl (C=O) groups excluding carboxylic acids is 2. The zero-order valence-corrected chi connectivity index (χ0v) is 15.3. The average molecular weight is 370 g/mol. The predicted octanol–water partition coefficient (Wildman–Crippen LogP) is 3.24. The minimum Gasteiger partial charge on any atom is -0.444 e. The molecular weight excluding hydrogens is 341 g/mol. The Morgan fingerprint density at radius 3 is 2.12 bits per heavy atom. The largest absolute Gasteiger partial charge is 0.444 e. The standard InChI is InChI=1S/C16H29F3N2O4/c1-5-6-7-8-11-20-12(22)15(24,9-10-16(17,18)19)21-13(23)25-14(2,3)4/h24H,5-11H2,1-4H3,(H,20,22)(H,21,23). The van der Waals surface area contributed by atoms with Crippen LogP contribution in [0.4, 0.5) is 18.0 Å². The fourth-order valence-corrected chi connectivity index (χ4v) is 1.93. The van der Waals surface area contributed by atoms with Crippen molar-refractivity contribution in [2.24, 2.45) is 0 Å². The average Bonchev–Trinajstić information content (AvgIpc) is 2.41. The molecule has 0 spiro atoms. The SMILES string of the molecule is CCCCCCNC(=O)C(O)(CCC(F)(F)F)NC(=O)OC(C)(C)C. The van der Waals surface area contributed by atoms with E-state index in [0.717, 1.165) is 19.3 Å². The van der Waals surface area contributed by atoms with E-state index in [9.17, 15) is 27.9 Å². The van der Waals surface area contributed by atoms with Crippen LogP contribution in [0.5, 0.6) is 0 Å². The van der Waals surface area contributed by atoms with Crippen LogP contribution in [0.3, 0.4) is 0 Å². The number of carbonyl (C=O) groups is 2. The predicted molar refractivity (Wildman–Crippen MR) is 86.8 cm³/mol. The van der Waals surface area contributed by atoms with E-state index < -0.39 is 42.3 Å². The molecule has 0 aromatic rings. The monoisotopic (exact) mass is 370 g/mol. The Kier molecular flexibility index (Phi) is 9.24. The summed E-state index contributed by atoms with van der Waals surface area (Å²) in [6.45, 7) is 6.86. The Morgan fingerprint density at radius 2 is 1.64 bits per heavy atom. The Labute approximate surface area is 146 Å². The number of rotatable bonds is 9. The van der Waals surface area contributed by atoms with Crippen molar-refractivity contribution >= 4 is 12.0 Å². The molecule has 0 aliphatic heterocycles. The van der Waals surface area contributed by atoms with Gasteiger partial charge in [-0.2, -0.15) is 13.2 Å². The summed E-state index contributed by atoms with van der Waals surface area (Å²) in [4.78, 5) is 23.9. The molecule has 0 saturated heterocycles. The Bertz CT molecular complexity index is 436. The number of unbranched alkanes of at least 4 members (excludes halogenated alkanes) is 3. The number of hydrogen-bond acceptors (Lipinski definition) is 4. The van der Waals surface area contributed by atoms with Crippen LogP contribution in [-0.2, 0) is 9.53 Å². The van der Waals surface area contributed by atoms with Crippen LogP contribution < -0.4 is 10.6 Å². The third-order valence-electron chi connectivity index (χ3n) is 3.17. The van der Waals surface area contributed by atoms with Gasteiger partial charge in [-0.15, -0.1) is 0 Å². The molecule has 0 bridgehead atoms. The first-order valence-electron chi connectivity index (χ1n) is 8.37. The lowest BCUT2D eigenvalue weighted by Crippen LogP contribution is -2.60. The quantitative estimate of drug-likeness (QED) is 0.429. The van der Waals surface area contributed by atoms with Crippen LogP contribution in [0.15, 0.2) is 0 Å². The summed E-state index contributed by atoms with van der Waals surface area (Å²) < 4.78 is 42.3. The molecule has 0 aliphatic rings. The number of amides is 2. The maximum Gasteiger partial charge on any atom is 0.410 e. The highest BCUT2D eigenvalue weighted by Crippen LogP contribution is 2.25. The first kappa shape index (κ1) is 23.5. The van der Waals surface area contributed by atoms with Gasteiger partial charge in [-0.3, -0.25) is 10.1 Å². The lowest BCUT2D eigenvalue weighted by molar-refractivity contribution is -0.160. The van der Waals surface area contributed by atoms with E-state index in [0.29, 0.717) is 6.42 Å². The number of aliphatic hydroxyl groups is 1. The molecule has 148 valence electrons. The fraction of sp³-hybridized carbons (Fsp3) is 0.875. The third kappa shape index (κ3) is 11.6. The van der Waals surface area contributed by atoms with Crippen molar-refractivity contribution in [3.8, 4) is 0 Å². The van der Waals surface area contributed by atoms with Crippen LogP contribution in [0.25, 0.3) is 0 Å². The second-order valence-electron chi connectivity index (χ2n) is 6.92. The number of nitrogens with one attached hydrogen (secondary N) is 2. The van der Waals surface area contributed by atoms with Crippen molar-refractivity contribution < 1.29 is 32.6 Å². The van der Waals surface area contributed by atoms with Crippen molar-refractivity contribution in [2.75, 3.05) is 6.54 Å². The summed E-state index contributed by atoms with van der Waals surface area (Å²) in [5.41, 5.74) is -3.62. The topological polar surface area (TPSA) is 87.7 Å². The highest BCUT2D eigenvalue weighted by atomic mass is 19.4. The summed E-state index contributed by atoms with van der Waals surface area (Å²) in [7, 11) is 0. The zero-order valence-electron chi connectivity index (χ0n) is 15.3. The molecule has 1 atom stereocenters. The number of hydrogen-bond donors (Lipinski definition) is 3. The highest BCUT2D eigenvalue weighted by molar-refractivity contribution is 5.88. The van der Waals surface area contributed by atoms with E-state index in [-0.39, 0.29) is 6.54 Å². The van der Waals surface area contributed by atoms with Gasteiger partial charge in [0.1, 0.15) is 5.60 Å². The van der Waals surface area contributed by atoms with Gasteiger partial charge in [-0.1, -0.05) is 26.2 Å². The van der Waals surface area contributed by atoms with Gasteiger partial charge in [0.05, 0.1) is 0 Å². The van der Waals surface area contributed by atoms with Gasteiger partial charge >= 0.3 is 12.3 Å². The molecule has 0 heterocycles. The summed E-state index contributed by atoms with van der Waals surface area (Å²) in [5.74, 6) is -1.08. The molecule has 25 heavy (non-hydrogen) atoms. The molecule has 0 radical (unpaired) electrons. The maximum atomic E-state index is 12.5. The highest BCUT2D eigenvalue weighted by Gasteiger charge is 2.42. The van der Waals surface area contributed by atoms with E-state index >= 15 is 0 Å². The third-order valence-corrected chi connectivity index (χ3v) is 3.17. The van der Waals surface area contributed by atoms with Gasteiger partial charge in [0.2, 0.25) is 5.72 Å². The van der Waals surface area contributed by atoms with Crippen LogP contribution in [0.2, 0.25) is 0 Å². The van der Waals surface area contributed by atoms with Crippen molar-refractivity contribution in [3.05, 3.63) is 0 Å². The van der Waals surface area contributed by atoms with Crippen molar-refractivity contribution in [3.63, 3.8) is 0 Å². The minimum atomic E-state index is -4.58. The molecule has 6 nitrogen and oxygen atoms in total. The van der Waals surface area contributed by atoms with Crippen molar-refractivity contribution in [1.82, 2.24) is 10.6 Å². The van der Waals surface area contributed by atoms with Crippen molar-refractivity contribution in [1.29, 1.82) is 0 Å². The number of halogens is 3. The molecule has 3 N–H and O–H groups in total. The smallest absolute Gasteiger partial charge is 0.410 e. The zero-order chi connectivity index (χ0) is 19.7. The molecule has 9 heteroatoms. The molecule has 0 fully saturated rings. The molecule has 0 rings (SSSR count). The maximum absolute atomic E-state index is 12.5. The van der Waals surface area contributed by atoms with Gasteiger partial charge in [-0.25, -0.2) is 4.79 Å². The van der Waals surface area contributed by atoms with Gasteiger partial charge in [0.15, 0.2) is 0 Å². The molecule has 0 saturated carbocycles. The molecule has 2 amide bonds. The van der Waals surface area contributed by atoms with Gasteiger partial charge in [0, 0.05) is 19.4 Å². The van der Waals surface area contributed by atoms with Crippen LogP contribution in [-0.4, -0.2) is 41.2 Å². The van der Waals surface area contributed by atoms with Crippen LogP contribution >= 0.6 is 0 Å². The summed E-state index contributed by atoms with van der Waals surface area (Å²) in [5, 5.41) is 14.5. The van der Waals surface area contributed by atoms with E-state index in [1.54, 1.807) is 20.8 Å². The van der Waals surface area contributed by atoms with Gasteiger partial charge in [-0.05, 0) is 27.2 Å². The van der Waals surface area contributed by atoms with Crippen LogP contribution in [0.1, 0.15) is 66.2 Å². The second-order valence-corrected chi connectivity index (χ2v) is 6.92.